The highest BCUT2D eigenvalue weighted by Crippen LogP contribution is 2.18. The van der Waals surface area contributed by atoms with Gasteiger partial charge in [-0.15, -0.1) is 0 Å². The zero-order chi connectivity index (χ0) is 14.4. The zero-order valence-electron chi connectivity index (χ0n) is 10.6. The van der Waals surface area contributed by atoms with E-state index in [9.17, 15) is 10.1 Å². The van der Waals surface area contributed by atoms with Crippen molar-refractivity contribution in [2.24, 2.45) is 0 Å². The monoisotopic (exact) mass is 267 g/mol. The van der Waals surface area contributed by atoms with Crippen LogP contribution in [0, 0.1) is 10.1 Å². The van der Waals surface area contributed by atoms with E-state index in [2.05, 4.69) is 0 Å². The van der Waals surface area contributed by atoms with Crippen molar-refractivity contribution >= 4 is 16.5 Å². The molecule has 0 saturated carbocycles. The number of benzene rings is 3. The van der Waals surface area contributed by atoms with Gasteiger partial charge in [-0.05, 0) is 22.9 Å². The van der Waals surface area contributed by atoms with E-state index < -0.39 is 4.92 Å². The molecule has 0 atom stereocenters. The molecule has 1 N–H and O–H groups in total. The minimum Gasteiger partial charge on any atom is -0.508 e. The topological polar surface area (TPSA) is 63.4 Å². The lowest BCUT2D eigenvalue weighted by molar-refractivity contribution is -0.384. The van der Waals surface area contributed by atoms with E-state index in [0.29, 0.717) is 5.75 Å². The average Bonchev–Trinajstić information content (AvgIpc) is 2.48. The number of nitro groups is 1. The molecular weight excluding hydrogens is 254 g/mol. The maximum Gasteiger partial charge on any atom is 0.269 e. The minimum absolute atomic E-state index is 0.137. The summed E-state index contributed by atoms with van der Waals surface area (Å²) >= 11 is 0. The fourth-order valence-corrected chi connectivity index (χ4v) is 1.73. The number of non-ortho nitro benzene ring substituents is 1. The van der Waals surface area contributed by atoms with Crippen molar-refractivity contribution in [2.45, 2.75) is 0 Å². The Bertz CT molecular complexity index is 711. The molecule has 0 amide bonds. The highest BCUT2D eigenvalue weighted by Gasteiger charge is 1.98. The summed E-state index contributed by atoms with van der Waals surface area (Å²) in [5.74, 6) is 0.323. The number of hydrogen-bond donors (Lipinski definition) is 1. The van der Waals surface area contributed by atoms with Gasteiger partial charge < -0.3 is 5.11 Å². The van der Waals surface area contributed by atoms with Crippen LogP contribution in [0.25, 0.3) is 10.8 Å². The fourth-order valence-electron chi connectivity index (χ4n) is 1.73. The van der Waals surface area contributed by atoms with Crippen molar-refractivity contribution < 1.29 is 10.0 Å². The predicted molar refractivity (Wildman–Crippen MR) is 78.7 cm³/mol. The molecule has 3 rings (SSSR count). The Kier molecular flexibility index (Phi) is 4.29. The van der Waals surface area contributed by atoms with E-state index in [1.807, 2.05) is 30.3 Å². The van der Waals surface area contributed by atoms with Crippen LogP contribution < -0.4 is 0 Å². The second-order valence-corrected chi connectivity index (χ2v) is 4.12. The van der Waals surface area contributed by atoms with Crippen molar-refractivity contribution in [1.29, 1.82) is 0 Å². The first-order valence-electron chi connectivity index (χ1n) is 6.04. The molecule has 0 aromatic heterocycles. The summed E-state index contributed by atoms with van der Waals surface area (Å²) in [6.45, 7) is 0. The predicted octanol–water partition coefficient (Wildman–Crippen LogP) is 4.14. The van der Waals surface area contributed by atoms with E-state index in [4.69, 9.17) is 5.11 Å². The van der Waals surface area contributed by atoms with Gasteiger partial charge in [-0.25, -0.2) is 0 Å². The van der Waals surface area contributed by atoms with Crippen LogP contribution in [0.5, 0.6) is 5.75 Å². The average molecular weight is 267 g/mol. The Balaban J connectivity index is 0.000000151. The first kappa shape index (κ1) is 13.5. The molecule has 3 aromatic rings. The Morgan fingerprint density at radius 3 is 2.00 bits per heavy atom. The maximum absolute atomic E-state index is 10.0. The first-order chi connectivity index (χ1) is 9.66. The van der Waals surface area contributed by atoms with Gasteiger partial charge in [0.15, 0.2) is 0 Å². The number of nitro benzene ring substituents is 1. The number of phenols is 1. The van der Waals surface area contributed by atoms with Crippen LogP contribution in [-0.2, 0) is 0 Å². The third kappa shape index (κ3) is 3.55. The van der Waals surface area contributed by atoms with E-state index >= 15 is 0 Å². The Morgan fingerprint density at radius 1 is 0.800 bits per heavy atom. The van der Waals surface area contributed by atoms with E-state index in [0.717, 1.165) is 10.8 Å². The first-order valence-corrected chi connectivity index (χ1v) is 6.04. The van der Waals surface area contributed by atoms with Crippen LogP contribution in [0.2, 0.25) is 0 Å². The number of phenolic OH excluding ortho intramolecular Hbond substituents is 1. The van der Waals surface area contributed by atoms with Crippen LogP contribution in [-0.4, -0.2) is 10.0 Å². The zero-order valence-corrected chi connectivity index (χ0v) is 10.6. The maximum atomic E-state index is 10.0. The molecule has 0 aliphatic rings. The van der Waals surface area contributed by atoms with Gasteiger partial charge in [-0.1, -0.05) is 48.5 Å². The van der Waals surface area contributed by atoms with Crippen molar-refractivity contribution in [3.8, 4) is 5.75 Å². The van der Waals surface area contributed by atoms with Gasteiger partial charge in [0.25, 0.3) is 5.69 Å². The van der Waals surface area contributed by atoms with Crippen molar-refractivity contribution in [1.82, 2.24) is 0 Å². The van der Waals surface area contributed by atoms with Gasteiger partial charge in [0.05, 0.1) is 4.92 Å². The molecule has 0 spiro atoms. The minimum atomic E-state index is -0.417. The Morgan fingerprint density at radius 2 is 1.40 bits per heavy atom. The summed E-state index contributed by atoms with van der Waals surface area (Å²) in [5, 5.41) is 21.4. The molecule has 0 unspecified atom stereocenters. The molecule has 0 heterocycles. The van der Waals surface area contributed by atoms with Gasteiger partial charge in [-0.3, -0.25) is 10.1 Å². The third-order valence-corrected chi connectivity index (χ3v) is 2.70. The molecule has 0 radical (unpaired) electrons. The largest absolute Gasteiger partial charge is 0.508 e. The molecular formula is C16H13NO3. The Hall–Kier alpha value is -2.88. The molecule has 4 heteroatoms. The molecule has 0 fully saturated rings. The lowest BCUT2D eigenvalue weighted by atomic mass is 10.1. The van der Waals surface area contributed by atoms with Gasteiger partial charge in [0.1, 0.15) is 5.75 Å². The normalized spacial score (nSPS) is 9.60. The third-order valence-electron chi connectivity index (χ3n) is 2.70. The van der Waals surface area contributed by atoms with Crippen molar-refractivity contribution in [3.63, 3.8) is 0 Å². The fraction of sp³-hybridized carbons (Fsp3) is 0. The lowest BCUT2D eigenvalue weighted by Gasteiger charge is -1.96. The van der Waals surface area contributed by atoms with Gasteiger partial charge in [0, 0.05) is 12.1 Å². The van der Waals surface area contributed by atoms with Crippen LogP contribution in [0.4, 0.5) is 5.69 Å². The number of nitrogens with zero attached hydrogens (tertiary/aromatic N) is 1. The van der Waals surface area contributed by atoms with Crippen LogP contribution >= 0.6 is 0 Å². The van der Waals surface area contributed by atoms with Crippen molar-refractivity contribution in [3.05, 3.63) is 82.9 Å². The summed E-state index contributed by atoms with van der Waals surface area (Å²) in [4.78, 5) is 9.59. The van der Waals surface area contributed by atoms with Gasteiger partial charge >= 0.3 is 0 Å². The van der Waals surface area contributed by atoms with Crippen molar-refractivity contribution in [2.75, 3.05) is 0 Å². The lowest BCUT2D eigenvalue weighted by Crippen LogP contribution is -1.84. The summed E-state index contributed by atoms with van der Waals surface area (Å²) in [5.41, 5.74) is 0.137. The quantitative estimate of drug-likeness (QED) is 0.532. The number of para-hydroxylation sites is 1. The number of fused-ring (bicyclic) bond motifs is 1. The standard InChI is InChI=1S/C10H8O.C6H5NO2/c11-10-6-5-8-3-1-2-4-9(8)7-10;8-7(9)6-4-2-1-3-5-6/h1-7,11H;1-5H. The van der Waals surface area contributed by atoms with Crippen LogP contribution in [0.1, 0.15) is 0 Å². The summed E-state index contributed by atoms with van der Waals surface area (Å²) in [6.07, 6.45) is 0. The number of rotatable bonds is 1. The second kappa shape index (κ2) is 6.33. The molecule has 0 bridgehead atoms. The van der Waals surface area contributed by atoms with E-state index in [1.165, 1.54) is 12.1 Å². The summed E-state index contributed by atoms with van der Waals surface area (Å²) in [7, 11) is 0. The number of aromatic hydroxyl groups is 1. The van der Waals surface area contributed by atoms with E-state index in [-0.39, 0.29) is 5.69 Å². The molecule has 20 heavy (non-hydrogen) atoms. The molecule has 0 saturated heterocycles. The summed E-state index contributed by atoms with van der Waals surface area (Å²) < 4.78 is 0. The highest BCUT2D eigenvalue weighted by molar-refractivity contribution is 5.83. The molecule has 3 aromatic carbocycles. The van der Waals surface area contributed by atoms with Crippen LogP contribution in [0.15, 0.2) is 72.8 Å². The Labute approximate surface area is 116 Å². The molecule has 0 aliphatic heterocycles. The SMILES string of the molecule is O=[N+]([O-])c1ccccc1.Oc1ccc2ccccc2c1. The second-order valence-electron chi connectivity index (χ2n) is 4.12. The molecule has 4 nitrogen and oxygen atoms in total. The molecule has 100 valence electrons. The smallest absolute Gasteiger partial charge is 0.269 e. The summed E-state index contributed by atoms with van der Waals surface area (Å²) in [6, 6.07) is 21.2. The van der Waals surface area contributed by atoms with Gasteiger partial charge in [-0.2, -0.15) is 0 Å². The van der Waals surface area contributed by atoms with Crippen LogP contribution in [0.3, 0.4) is 0 Å². The van der Waals surface area contributed by atoms with E-state index in [1.54, 1.807) is 30.3 Å². The highest BCUT2D eigenvalue weighted by atomic mass is 16.6. The molecule has 0 aliphatic carbocycles. The van der Waals surface area contributed by atoms with Gasteiger partial charge in [0.2, 0.25) is 0 Å². The number of hydrogen-bond acceptors (Lipinski definition) is 3.